The summed E-state index contributed by atoms with van der Waals surface area (Å²) in [6, 6.07) is 0. The quantitative estimate of drug-likeness (QED) is 0.576. The van der Waals surface area contributed by atoms with E-state index < -0.39 is 31.0 Å². The van der Waals surface area contributed by atoms with Crippen LogP contribution in [0, 0.1) is 0 Å². The van der Waals surface area contributed by atoms with Gasteiger partial charge in [0.25, 0.3) is 6.17 Å². The normalized spacial score (nSPS) is 16.5. The summed E-state index contributed by atoms with van der Waals surface area (Å²) in [4.78, 5) is 0. The zero-order valence-corrected chi connectivity index (χ0v) is 8.98. The second-order valence-corrected chi connectivity index (χ2v) is 6.63. The first-order valence-corrected chi connectivity index (χ1v) is 6.52. The Hall–Kier alpha value is 0.350. The molecule has 1 atom stereocenters. The maximum absolute atomic E-state index is 12.4. The Morgan fingerprint density at radius 2 is 1.60 bits per heavy atom. The van der Waals surface area contributed by atoms with Crippen molar-refractivity contribution in [1.29, 1.82) is 0 Å². The predicted molar refractivity (Wildman–Crippen MR) is 41.2 cm³/mol. The Balaban J connectivity index is 4.49. The maximum Gasteiger partial charge on any atom is 0.425 e. The molecule has 92 valence electrons. The van der Waals surface area contributed by atoms with Crippen molar-refractivity contribution in [3.8, 4) is 0 Å². The van der Waals surface area contributed by atoms with Gasteiger partial charge >= 0.3 is 18.2 Å². The van der Waals surface area contributed by atoms with Gasteiger partial charge in [-0.2, -0.15) is 13.2 Å². The van der Waals surface area contributed by atoms with Gasteiger partial charge in [-0.15, -0.1) is 0 Å². The molecule has 0 aromatic rings. The second-order valence-electron chi connectivity index (χ2n) is 2.35. The Kier molecular flexibility index (Phi) is 4.80. The van der Waals surface area contributed by atoms with Crippen molar-refractivity contribution in [2.24, 2.45) is 0 Å². The Morgan fingerprint density at radius 3 is 1.87 bits per heavy atom. The minimum absolute atomic E-state index is 2.13. The fourth-order valence-corrected chi connectivity index (χ4v) is 1.09. The minimum atomic E-state index is -5.75. The molecular weight excluding hydrogens is 296 g/mol. The van der Waals surface area contributed by atoms with Gasteiger partial charge in [-0.1, -0.05) is 0 Å². The van der Waals surface area contributed by atoms with Crippen molar-refractivity contribution in [1.82, 2.24) is 0 Å². The first-order valence-electron chi connectivity index (χ1n) is 3.09. The average molecular weight is 299 g/mol. The summed E-state index contributed by atoms with van der Waals surface area (Å²) in [5.74, 6) is -4.91. The second kappa shape index (κ2) is 4.69. The molecule has 0 rings (SSSR count). The van der Waals surface area contributed by atoms with E-state index in [0.717, 1.165) is 0 Å². The molecule has 0 bridgehead atoms. The molecule has 0 aliphatic carbocycles. The Morgan fingerprint density at radius 1 is 1.20 bits per heavy atom. The molecular formula is C4H3Cl2F6O2P. The third-order valence-corrected chi connectivity index (χ3v) is 2.08. The van der Waals surface area contributed by atoms with E-state index in [1.54, 1.807) is 0 Å². The highest BCUT2D eigenvalue weighted by Gasteiger charge is 2.57. The van der Waals surface area contributed by atoms with Crippen LogP contribution in [0.25, 0.3) is 0 Å². The molecule has 0 saturated heterocycles. The van der Waals surface area contributed by atoms with E-state index in [-0.39, 0.29) is 0 Å². The fourth-order valence-electron chi connectivity index (χ4n) is 0.474. The molecule has 0 amide bonds. The molecule has 15 heavy (non-hydrogen) atoms. The number of alkyl halides is 6. The highest BCUT2D eigenvalue weighted by Crippen LogP contribution is 2.58. The summed E-state index contributed by atoms with van der Waals surface area (Å²) in [5, 5.41) is 0. The fraction of sp³-hybridized carbons (Fsp3) is 1.00. The van der Waals surface area contributed by atoms with Gasteiger partial charge in [-0.05, 0) is 22.5 Å². The number of hydrogen-bond donors (Lipinski definition) is 0. The summed E-state index contributed by atoms with van der Waals surface area (Å²) in [6.07, 6.45) is -14.6. The first kappa shape index (κ1) is 15.3. The summed E-state index contributed by atoms with van der Waals surface area (Å²) in [6.45, 7) is -2.13. The van der Waals surface area contributed by atoms with Crippen LogP contribution in [0.4, 0.5) is 26.3 Å². The van der Waals surface area contributed by atoms with Crippen LogP contribution in [0.1, 0.15) is 0 Å². The zero-order chi connectivity index (χ0) is 12.5. The third-order valence-electron chi connectivity index (χ3n) is 1.07. The van der Waals surface area contributed by atoms with E-state index in [9.17, 15) is 30.9 Å². The topological polar surface area (TPSA) is 26.3 Å². The van der Waals surface area contributed by atoms with Crippen molar-refractivity contribution < 1.29 is 35.4 Å². The van der Waals surface area contributed by atoms with Gasteiger partial charge in [0.1, 0.15) is 6.61 Å². The summed E-state index contributed by atoms with van der Waals surface area (Å²) < 4.78 is 85.3. The van der Waals surface area contributed by atoms with Crippen molar-refractivity contribution in [3.63, 3.8) is 0 Å². The lowest BCUT2D eigenvalue weighted by atomic mass is 10.2. The molecule has 11 heteroatoms. The smallest absolute Gasteiger partial charge is 0.300 e. The summed E-state index contributed by atoms with van der Waals surface area (Å²) in [5.41, 5.74) is 0. The standard InChI is InChI=1S/C4H3Cl2F6O2P/c5-15(6,13)14-1-3(8,9)2(7)4(10,11)12/h2H,1H2. The largest absolute Gasteiger partial charge is 0.425 e. The van der Waals surface area contributed by atoms with E-state index in [1.807, 2.05) is 0 Å². The Bertz CT molecular complexity index is 262. The molecule has 1 unspecified atom stereocenters. The molecule has 0 aromatic heterocycles. The lowest BCUT2D eigenvalue weighted by Gasteiger charge is -2.22. The van der Waals surface area contributed by atoms with Crippen molar-refractivity contribution in [2.45, 2.75) is 18.3 Å². The average Bonchev–Trinajstić information content (AvgIpc) is 1.97. The lowest BCUT2D eigenvalue weighted by Crippen LogP contribution is -2.44. The number of halogens is 8. The van der Waals surface area contributed by atoms with Gasteiger partial charge in [0, 0.05) is 0 Å². The monoisotopic (exact) mass is 298 g/mol. The predicted octanol–water partition coefficient (Wildman–Crippen LogP) is 4.12. The molecule has 0 radical (unpaired) electrons. The first-order chi connectivity index (χ1) is 6.36. The van der Waals surface area contributed by atoms with Crippen LogP contribution in [0.15, 0.2) is 0 Å². The summed E-state index contributed by atoms with van der Waals surface area (Å²) >= 11 is 9.24. The van der Waals surface area contributed by atoms with E-state index in [4.69, 9.17) is 0 Å². The van der Waals surface area contributed by atoms with Gasteiger partial charge in [0.2, 0.25) is 0 Å². The van der Waals surface area contributed by atoms with Crippen LogP contribution in [0.3, 0.4) is 0 Å². The number of hydrogen-bond acceptors (Lipinski definition) is 2. The lowest BCUT2D eigenvalue weighted by molar-refractivity contribution is -0.249. The van der Waals surface area contributed by atoms with Gasteiger partial charge < -0.3 is 0 Å². The van der Waals surface area contributed by atoms with Gasteiger partial charge in [0.15, 0.2) is 0 Å². The van der Waals surface area contributed by atoms with Crippen LogP contribution in [0.5, 0.6) is 0 Å². The van der Waals surface area contributed by atoms with E-state index in [0.29, 0.717) is 0 Å². The van der Waals surface area contributed by atoms with Crippen molar-refractivity contribution >= 4 is 28.6 Å². The molecule has 2 nitrogen and oxygen atoms in total. The van der Waals surface area contributed by atoms with E-state index in [1.165, 1.54) is 0 Å². The van der Waals surface area contributed by atoms with Crippen LogP contribution < -0.4 is 0 Å². The van der Waals surface area contributed by atoms with E-state index in [2.05, 4.69) is 27.0 Å². The molecule has 0 aliphatic rings. The molecule has 0 N–H and O–H groups in total. The maximum atomic E-state index is 12.4. The molecule has 0 aliphatic heterocycles. The van der Waals surface area contributed by atoms with Crippen LogP contribution in [-0.2, 0) is 9.09 Å². The molecule has 0 heterocycles. The molecule has 0 fully saturated rings. The van der Waals surface area contributed by atoms with Gasteiger partial charge in [0.05, 0.1) is 0 Å². The highest BCUT2D eigenvalue weighted by atomic mass is 35.9. The SMILES string of the molecule is O=P(Cl)(Cl)OCC(F)(F)C(F)C(F)(F)F. The molecule has 0 saturated carbocycles. The third kappa shape index (κ3) is 5.85. The number of rotatable bonds is 4. The van der Waals surface area contributed by atoms with Crippen molar-refractivity contribution in [3.05, 3.63) is 0 Å². The van der Waals surface area contributed by atoms with Crippen LogP contribution >= 0.6 is 28.6 Å². The van der Waals surface area contributed by atoms with Crippen molar-refractivity contribution in [2.75, 3.05) is 6.61 Å². The summed E-state index contributed by atoms with van der Waals surface area (Å²) in [7, 11) is 0. The van der Waals surface area contributed by atoms with Gasteiger partial charge in [-0.3, -0.25) is 9.09 Å². The van der Waals surface area contributed by atoms with E-state index >= 15 is 0 Å². The minimum Gasteiger partial charge on any atom is -0.300 e. The molecule has 0 aromatic carbocycles. The highest BCUT2D eigenvalue weighted by molar-refractivity contribution is 8.05. The molecule has 0 spiro atoms. The Labute approximate surface area is 89.5 Å². The van der Waals surface area contributed by atoms with Crippen LogP contribution in [-0.4, -0.2) is 24.9 Å². The van der Waals surface area contributed by atoms with Gasteiger partial charge in [-0.25, -0.2) is 13.2 Å². The van der Waals surface area contributed by atoms with Crippen LogP contribution in [0.2, 0.25) is 0 Å². The zero-order valence-electron chi connectivity index (χ0n) is 6.57.